The number of unbranched alkanes of at least 4 members (excludes halogenated alkanes) is 8. The minimum absolute atomic E-state index is 0.0565. The maximum Gasteiger partial charge on any atom is 0.250 e. The van der Waals surface area contributed by atoms with Crippen LogP contribution in [-0.4, -0.2) is 12.5 Å². The van der Waals surface area contributed by atoms with Crippen molar-refractivity contribution in [2.45, 2.75) is 78.1 Å². The highest BCUT2D eigenvalue weighted by Gasteiger charge is 2.15. The number of para-hydroxylation sites is 1. The molecule has 0 atom stereocenters. The van der Waals surface area contributed by atoms with Crippen molar-refractivity contribution >= 4 is 11.6 Å². The number of carbonyl (C=O) groups excluding carboxylic acids is 1. The molecule has 1 amide bonds. The van der Waals surface area contributed by atoms with Gasteiger partial charge < -0.3 is 0 Å². The minimum atomic E-state index is 0.0565. The zero-order valence-corrected chi connectivity index (χ0v) is 14.9. The zero-order valence-electron chi connectivity index (χ0n) is 14.9. The first-order valence-corrected chi connectivity index (χ1v) is 9.30. The maximum atomic E-state index is 12.3. The lowest BCUT2D eigenvalue weighted by Crippen LogP contribution is -2.30. The predicted octanol–water partition coefficient (Wildman–Crippen LogP) is 5.89. The molecule has 23 heavy (non-hydrogen) atoms. The molecule has 0 radical (unpaired) electrons. The monoisotopic (exact) mass is 319 g/mol. The molecule has 0 spiro atoms. The van der Waals surface area contributed by atoms with Gasteiger partial charge in [0.05, 0.1) is 12.3 Å². The Morgan fingerprint density at radius 1 is 0.870 bits per heavy atom. The first kappa shape index (κ1) is 19.7. The topological polar surface area (TPSA) is 29.5 Å². The minimum Gasteiger partial charge on any atom is -0.272 e. The number of amides is 1. The van der Waals surface area contributed by atoms with Gasteiger partial charge in [0.2, 0.25) is 0 Å². The summed E-state index contributed by atoms with van der Waals surface area (Å²) in [5.74, 6) is 0.0565. The second-order valence-corrected chi connectivity index (χ2v) is 6.02. The molecule has 3 heteroatoms. The van der Waals surface area contributed by atoms with Crippen LogP contribution in [0.1, 0.15) is 78.1 Å². The second-order valence-electron chi connectivity index (χ2n) is 6.02. The van der Waals surface area contributed by atoms with E-state index in [0.29, 0.717) is 13.0 Å². The number of anilines is 1. The van der Waals surface area contributed by atoms with Gasteiger partial charge in [-0.05, 0) is 25.5 Å². The largest absolute Gasteiger partial charge is 0.272 e. The van der Waals surface area contributed by atoms with Gasteiger partial charge in [0.1, 0.15) is 0 Å². The standard InChI is InChI=1S/C20H33NO2/c1-3-5-6-7-8-9-10-11-15-18-20(22)21(23-4-2)19-16-13-12-14-17-19/h12-14,16-17H,3-11,15,18H2,1-2H3. The van der Waals surface area contributed by atoms with Crippen LogP contribution >= 0.6 is 0 Å². The average molecular weight is 319 g/mol. The van der Waals surface area contributed by atoms with Gasteiger partial charge in [-0.25, -0.2) is 0 Å². The Labute approximate surface area is 142 Å². The van der Waals surface area contributed by atoms with Crippen LogP contribution in [0.2, 0.25) is 0 Å². The lowest BCUT2D eigenvalue weighted by atomic mass is 10.1. The van der Waals surface area contributed by atoms with E-state index in [-0.39, 0.29) is 5.91 Å². The van der Waals surface area contributed by atoms with E-state index in [1.54, 1.807) is 0 Å². The number of carbonyl (C=O) groups is 1. The Bertz CT molecular complexity index is 405. The molecule has 3 nitrogen and oxygen atoms in total. The number of hydrogen-bond donors (Lipinski definition) is 0. The molecule has 0 aliphatic heterocycles. The molecule has 1 aromatic rings. The third-order valence-corrected chi connectivity index (χ3v) is 3.97. The van der Waals surface area contributed by atoms with Crippen molar-refractivity contribution < 1.29 is 9.63 Å². The summed E-state index contributed by atoms with van der Waals surface area (Å²) in [6, 6.07) is 9.60. The van der Waals surface area contributed by atoms with E-state index in [4.69, 9.17) is 4.84 Å². The average Bonchev–Trinajstić information content (AvgIpc) is 2.58. The van der Waals surface area contributed by atoms with Crippen LogP contribution in [0.5, 0.6) is 0 Å². The van der Waals surface area contributed by atoms with Gasteiger partial charge in [-0.1, -0.05) is 76.5 Å². The first-order chi connectivity index (χ1) is 11.3. The summed E-state index contributed by atoms with van der Waals surface area (Å²) in [5.41, 5.74) is 0.815. The van der Waals surface area contributed by atoms with Crippen molar-refractivity contribution in [3.8, 4) is 0 Å². The first-order valence-electron chi connectivity index (χ1n) is 9.30. The zero-order chi connectivity index (χ0) is 16.8. The molecule has 0 aromatic heterocycles. The smallest absolute Gasteiger partial charge is 0.250 e. The molecular weight excluding hydrogens is 286 g/mol. The SMILES string of the molecule is CCCCCCCCCCCC(=O)N(OCC)c1ccccc1. The van der Waals surface area contributed by atoms with Crippen molar-refractivity contribution in [3.05, 3.63) is 30.3 Å². The van der Waals surface area contributed by atoms with Crippen LogP contribution in [0.4, 0.5) is 5.69 Å². The Hall–Kier alpha value is -1.35. The van der Waals surface area contributed by atoms with E-state index in [1.807, 2.05) is 37.3 Å². The molecular formula is C20H33NO2. The van der Waals surface area contributed by atoms with Gasteiger partial charge in [-0.3, -0.25) is 9.63 Å². The fraction of sp³-hybridized carbons (Fsp3) is 0.650. The molecule has 0 aliphatic carbocycles. The fourth-order valence-corrected chi connectivity index (χ4v) is 2.67. The van der Waals surface area contributed by atoms with Crippen LogP contribution in [-0.2, 0) is 9.63 Å². The quantitative estimate of drug-likeness (QED) is 0.335. The van der Waals surface area contributed by atoms with E-state index in [1.165, 1.54) is 50.0 Å². The summed E-state index contributed by atoms with van der Waals surface area (Å²) in [6.45, 7) is 4.65. The number of hydrogen-bond acceptors (Lipinski definition) is 2. The van der Waals surface area contributed by atoms with Crippen molar-refractivity contribution in [2.24, 2.45) is 0 Å². The van der Waals surface area contributed by atoms with Gasteiger partial charge in [-0.2, -0.15) is 5.06 Å². The van der Waals surface area contributed by atoms with Crippen LogP contribution in [0.25, 0.3) is 0 Å². The highest BCUT2D eigenvalue weighted by atomic mass is 16.7. The fourth-order valence-electron chi connectivity index (χ4n) is 2.67. The lowest BCUT2D eigenvalue weighted by Gasteiger charge is -2.21. The van der Waals surface area contributed by atoms with Crippen molar-refractivity contribution in [2.75, 3.05) is 11.7 Å². The lowest BCUT2D eigenvalue weighted by molar-refractivity contribution is -0.125. The number of benzene rings is 1. The maximum absolute atomic E-state index is 12.3. The van der Waals surface area contributed by atoms with Crippen molar-refractivity contribution in [1.29, 1.82) is 0 Å². The highest BCUT2D eigenvalue weighted by Crippen LogP contribution is 2.17. The van der Waals surface area contributed by atoms with Crippen molar-refractivity contribution in [1.82, 2.24) is 0 Å². The number of hydroxylamine groups is 1. The van der Waals surface area contributed by atoms with E-state index in [9.17, 15) is 4.79 Å². The summed E-state index contributed by atoms with van der Waals surface area (Å²) >= 11 is 0. The molecule has 0 unspecified atom stereocenters. The summed E-state index contributed by atoms with van der Waals surface area (Å²) in [5, 5.41) is 1.45. The van der Waals surface area contributed by atoms with Crippen LogP contribution in [0.15, 0.2) is 30.3 Å². The molecule has 0 saturated carbocycles. The summed E-state index contributed by atoms with van der Waals surface area (Å²) < 4.78 is 0. The van der Waals surface area contributed by atoms with Gasteiger partial charge >= 0.3 is 0 Å². The van der Waals surface area contributed by atoms with Crippen molar-refractivity contribution in [3.63, 3.8) is 0 Å². The Kier molecular flexibility index (Phi) is 11.2. The van der Waals surface area contributed by atoms with Gasteiger partial charge in [-0.15, -0.1) is 0 Å². The molecule has 0 N–H and O–H groups in total. The van der Waals surface area contributed by atoms with E-state index in [2.05, 4.69) is 6.92 Å². The molecule has 1 aromatic carbocycles. The number of rotatable bonds is 13. The van der Waals surface area contributed by atoms with E-state index >= 15 is 0 Å². The normalized spacial score (nSPS) is 10.7. The third kappa shape index (κ3) is 8.75. The molecule has 0 bridgehead atoms. The van der Waals surface area contributed by atoms with Crippen LogP contribution in [0.3, 0.4) is 0 Å². The molecule has 0 saturated heterocycles. The summed E-state index contributed by atoms with van der Waals surface area (Å²) in [6.07, 6.45) is 11.9. The Morgan fingerprint density at radius 3 is 2.00 bits per heavy atom. The molecule has 1 rings (SSSR count). The molecule has 0 aliphatic rings. The number of nitrogens with zero attached hydrogens (tertiary/aromatic N) is 1. The second kappa shape index (κ2) is 13.1. The van der Waals surface area contributed by atoms with Gasteiger partial charge in [0, 0.05) is 6.42 Å². The molecule has 0 fully saturated rings. The van der Waals surface area contributed by atoms with Gasteiger partial charge in [0.25, 0.3) is 5.91 Å². The van der Waals surface area contributed by atoms with E-state index in [0.717, 1.165) is 18.5 Å². The van der Waals surface area contributed by atoms with E-state index < -0.39 is 0 Å². The predicted molar refractivity (Wildman–Crippen MR) is 97.4 cm³/mol. The van der Waals surface area contributed by atoms with Gasteiger partial charge in [0.15, 0.2) is 0 Å². The molecule has 130 valence electrons. The van der Waals surface area contributed by atoms with Crippen LogP contribution < -0.4 is 5.06 Å². The highest BCUT2D eigenvalue weighted by molar-refractivity contribution is 5.91. The Balaban J connectivity index is 2.18. The Morgan fingerprint density at radius 2 is 1.43 bits per heavy atom. The third-order valence-electron chi connectivity index (χ3n) is 3.97. The summed E-state index contributed by atoms with van der Waals surface area (Å²) in [7, 11) is 0. The molecule has 0 heterocycles. The van der Waals surface area contributed by atoms with Crippen LogP contribution in [0, 0.1) is 0 Å². The summed E-state index contributed by atoms with van der Waals surface area (Å²) in [4.78, 5) is 17.8.